The van der Waals surface area contributed by atoms with Crippen molar-refractivity contribution in [2.24, 2.45) is 0 Å². The Kier molecular flexibility index (Phi) is 5.83. The van der Waals surface area contributed by atoms with Crippen LogP contribution < -0.4 is 10.1 Å². The molecule has 0 spiro atoms. The van der Waals surface area contributed by atoms with Crippen molar-refractivity contribution in [1.82, 2.24) is 0 Å². The second-order valence-corrected chi connectivity index (χ2v) is 4.92. The fourth-order valence-electron chi connectivity index (χ4n) is 2.00. The first-order valence-corrected chi connectivity index (χ1v) is 7.36. The van der Waals surface area contributed by atoms with Crippen LogP contribution in [0.5, 0.6) is 5.75 Å². The maximum Gasteiger partial charge on any atom is 0.344 e. The number of benzene rings is 2. The van der Waals surface area contributed by atoms with E-state index in [-0.39, 0.29) is 12.6 Å². The zero-order valence-corrected chi connectivity index (χ0v) is 13.0. The van der Waals surface area contributed by atoms with Crippen molar-refractivity contribution in [3.8, 4) is 5.75 Å². The first kappa shape index (κ1) is 15.9. The smallest absolute Gasteiger partial charge is 0.344 e. The van der Waals surface area contributed by atoms with E-state index in [1.54, 1.807) is 6.92 Å². The van der Waals surface area contributed by atoms with Crippen LogP contribution in [-0.4, -0.2) is 19.2 Å². The van der Waals surface area contributed by atoms with E-state index in [2.05, 4.69) is 24.4 Å². The Morgan fingerprint density at radius 2 is 1.82 bits per heavy atom. The van der Waals surface area contributed by atoms with Crippen molar-refractivity contribution >= 4 is 11.7 Å². The Balaban J connectivity index is 1.95. The zero-order valence-electron chi connectivity index (χ0n) is 13.0. The number of hydrogen-bond donors (Lipinski definition) is 1. The predicted octanol–water partition coefficient (Wildman–Crippen LogP) is 3.55. The average Bonchev–Trinajstić information content (AvgIpc) is 2.53. The number of anilines is 1. The predicted molar refractivity (Wildman–Crippen MR) is 87.1 cm³/mol. The number of rotatable bonds is 7. The Labute approximate surface area is 131 Å². The molecule has 0 heterocycles. The average molecular weight is 299 g/mol. The summed E-state index contributed by atoms with van der Waals surface area (Å²) in [4.78, 5) is 11.4. The summed E-state index contributed by atoms with van der Waals surface area (Å²) in [5.74, 6) is 0.332. The van der Waals surface area contributed by atoms with Gasteiger partial charge in [0.2, 0.25) is 0 Å². The normalized spacial score (nSPS) is 10.1. The molecule has 22 heavy (non-hydrogen) atoms. The SMILES string of the molecule is CCOC(=O)COc1ccccc1CNc1ccc(C)cc1. The standard InChI is InChI=1S/C18H21NO3/c1-3-21-18(20)13-22-17-7-5-4-6-15(17)12-19-16-10-8-14(2)9-11-16/h4-11,19H,3,12-13H2,1-2H3. The third kappa shape index (κ3) is 4.81. The molecule has 2 aromatic carbocycles. The van der Waals surface area contributed by atoms with Crippen LogP contribution in [0, 0.1) is 6.92 Å². The molecule has 0 radical (unpaired) electrons. The van der Waals surface area contributed by atoms with Gasteiger partial charge in [-0.3, -0.25) is 0 Å². The Hall–Kier alpha value is -2.49. The van der Waals surface area contributed by atoms with Crippen LogP contribution in [0.15, 0.2) is 48.5 Å². The lowest BCUT2D eigenvalue weighted by Crippen LogP contribution is -2.15. The first-order chi connectivity index (χ1) is 10.7. The largest absolute Gasteiger partial charge is 0.482 e. The molecule has 0 aromatic heterocycles. The van der Waals surface area contributed by atoms with Crippen LogP contribution in [-0.2, 0) is 16.1 Å². The third-order valence-electron chi connectivity index (χ3n) is 3.16. The van der Waals surface area contributed by atoms with Gasteiger partial charge in [0.25, 0.3) is 0 Å². The lowest BCUT2D eigenvalue weighted by atomic mass is 10.2. The summed E-state index contributed by atoms with van der Waals surface area (Å²) in [7, 11) is 0. The lowest BCUT2D eigenvalue weighted by molar-refractivity contribution is -0.145. The van der Waals surface area contributed by atoms with E-state index in [1.807, 2.05) is 36.4 Å². The van der Waals surface area contributed by atoms with E-state index < -0.39 is 0 Å². The molecule has 2 rings (SSSR count). The van der Waals surface area contributed by atoms with E-state index in [4.69, 9.17) is 9.47 Å². The highest BCUT2D eigenvalue weighted by atomic mass is 16.6. The van der Waals surface area contributed by atoms with Crippen LogP contribution in [0.4, 0.5) is 5.69 Å². The second kappa shape index (κ2) is 8.08. The number of carbonyl (C=O) groups excluding carboxylic acids is 1. The van der Waals surface area contributed by atoms with E-state index in [1.165, 1.54) is 5.56 Å². The Bertz CT molecular complexity index is 608. The highest BCUT2D eigenvalue weighted by Crippen LogP contribution is 2.20. The molecule has 0 saturated heterocycles. The highest BCUT2D eigenvalue weighted by molar-refractivity contribution is 5.71. The van der Waals surface area contributed by atoms with E-state index in [0.717, 1.165) is 11.3 Å². The van der Waals surface area contributed by atoms with Gasteiger partial charge in [-0.1, -0.05) is 35.9 Å². The molecule has 0 aliphatic heterocycles. The van der Waals surface area contributed by atoms with Crippen molar-refractivity contribution in [3.05, 3.63) is 59.7 Å². The van der Waals surface area contributed by atoms with Gasteiger partial charge in [0, 0.05) is 17.8 Å². The van der Waals surface area contributed by atoms with Gasteiger partial charge in [0.05, 0.1) is 6.61 Å². The molecule has 0 aliphatic rings. The molecule has 0 unspecified atom stereocenters. The van der Waals surface area contributed by atoms with Gasteiger partial charge >= 0.3 is 5.97 Å². The third-order valence-corrected chi connectivity index (χ3v) is 3.16. The zero-order chi connectivity index (χ0) is 15.8. The molecular formula is C18H21NO3. The van der Waals surface area contributed by atoms with Gasteiger partial charge in [-0.2, -0.15) is 0 Å². The number of esters is 1. The van der Waals surface area contributed by atoms with Crippen molar-refractivity contribution < 1.29 is 14.3 Å². The van der Waals surface area contributed by atoms with Crippen LogP contribution in [0.2, 0.25) is 0 Å². The Morgan fingerprint density at radius 1 is 1.09 bits per heavy atom. The van der Waals surface area contributed by atoms with Crippen molar-refractivity contribution in [3.63, 3.8) is 0 Å². The molecule has 0 aliphatic carbocycles. The van der Waals surface area contributed by atoms with Crippen LogP contribution >= 0.6 is 0 Å². The minimum atomic E-state index is -0.358. The van der Waals surface area contributed by atoms with Crippen LogP contribution in [0.1, 0.15) is 18.1 Å². The summed E-state index contributed by atoms with van der Waals surface area (Å²) in [6, 6.07) is 15.9. The maximum absolute atomic E-state index is 11.4. The molecule has 4 nitrogen and oxygen atoms in total. The van der Waals surface area contributed by atoms with Crippen molar-refractivity contribution in [1.29, 1.82) is 0 Å². The van der Waals surface area contributed by atoms with Gasteiger partial charge in [-0.05, 0) is 32.0 Å². The summed E-state index contributed by atoms with van der Waals surface area (Å²) < 4.78 is 10.4. The number of carbonyl (C=O) groups is 1. The van der Waals surface area contributed by atoms with Crippen LogP contribution in [0.3, 0.4) is 0 Å². The van der Waals surface area contributed by atoms with Crippen molar-refractivity contribution in [2.45, 2.75) is 20.4 Å². The van der Waals surface area contributed by atoms with Gasteiger partial charge in [-0.15, -0.1) is 0 Å². The quantitative estimate of drug-likeness (QED) is 0.794. The summed E-state index contributed by atoms with van der Waals surface area (Å²) in [6.45, 7) is 4.75. The molecule has 0 atom stereocenters. The molecule has 0 amide bonds. The molecule has 0 saturated carbocycles. The number of aryl methyl sites for hydroxylation is 1. The summed E-state index contributed by atoms with van der Waals surface area (Å²) >= 11 is 0. The fraction of sp³-hybridized carbons (Fsp3) is 0.278. The molecule has 116 valence electrons. The molecule has 4 heteroatoms. The topological polar surface area (TPSA) is 47.6 Å². The van der Waals surface area contributed by atoms with Gasteiger partial charge in [-0.25, -0.2) is 4.79 Å². The summed E-state index contributed by atoms with van der Waals surface area (Å²) in [5, 5.41) is 3.35. The number of ether oxygens (including phenoxy) is 2. The summed E-state index contributed by atoms with van der Waals surface area (Å²) in [5.41, 5.74) is 3.27. The summed E-state index contributed by atoms with van der Waals surface area (Å²) in [6.07, 6.45) is 0. The van der Waals surface area contributed by atoms with Gasteiger partial charge in [0.1, 0.15) is 5.75 Å². The maximum atomic E-state index is 11.4. The van der Waals surface area contributed by atoms with E-state index in [0.29, 0.717) is 18.9 Å². The molecular weight excluding hydrogens is 278 g/mol. The van der Waals surface area contributed by atoms with Crippen LogP contribution in [0.25, 0.3) is 0 Å². The van der Waals surface area contributed by atoms with Crippen molar-refractivity contribution in [2.75, 3.05) is 18.5 Å². The number of hydrogen-bond acceptors (Lipinski definition) is 4. The minimum absolute atomic E-state index is 0.0740. The lowest BCUT2D eigenvalue weighted by Gasteiger charge is -2.12. The molecule has 2 aromatic rings. The van der Waals surface area contributed by atoms with Gasteiger partial charge in [0.15, 0.2) is 6.61 Å². The Morgan fingerprint density at radius 3 is 2.55 bits per heavy atom. The fourth-order valence-corrected chi connectivity index (χ4v) is 2.00. The van der Waals surface area contributed by atoms with Gasteiger partial charge < -0.3 is 14.8 Å². The molecule has 0 fully saturated rings. The highest BCUT2D eigenvalue weighted by Gasteiger charge is 2.07. The molecule has 1 N–H and O–H groups in total. The second-order valence-electron chi connectivity index (χ2n) is 4.92. The van der Waals surface area contributed by atoms with E-state index in [9.17, 15) is 4.79 Å². The monoisotopic (exact) mass is 299 g/mol. The van der Waals surface area contributed by atoms with E-state index >= 15 is 0 Å². The number of nitrogens with one attached hydrogen (secondary N) is 1. The molecule has 0 bridgehead atoms. The minimum Gasteiger partial charge on any atom is -0.482 e. The first-order valence-electron chi connectivity index (χ1n) is 7.36. The number of para-hydroxylation sites is 1.